The summed E-state index contributed by atoms with van der Waals surface area (Å²) in [4.78, 5) is 39.7. The van der Waals surface area contributed by atoms with E-state index in [-0.39, 0.29) is 82.6 Å². The average molecular weight is 1050 g/mol. The fraction of sp³-hybridized carbons (Fsp3) is 0.889. The van der Waals surface area contributed by atoms with Crippen LogP contribution in [-0.4, -0.2) is 77.2 Å². The van der Waals surface area contributed by atoms with Crippen LogP contribution >= 0.6 is 0 Å². The molecule has 0 bridgehead atoms. The van der Waals surface area contributed by atoms with Crippen LogP contribution in [0, 0.1) is 78.5 Å². The SMILES string of the molecule is CCCCCCCCCC(=O)OCCCO.NCCC(=O)O.NCCC(=O)O.NCCC(=O)O.[CH2-]CCCC1CCC2C3CCC4CCCC[C@]4(C)C3CC[C@]12C.[U]. The number of hydrogen-bond donors (Lipinski definition) is 7. The molecule has 7 atom stereocenters. The molecule has 0 aliphatic heterocycles. The van der Waals surface area contributed by atoms with E-state index < -0.39 is 17.9 Å². The van der Waals surface area contributed by atoms with Crippen LogP contribution in [0.1, 0.15) is 181 Å². The van der Waals surface area contributed by atoms with Gasteiger partial charge >= 0.3 is 23.9 Å². The third kappa shape index (κ3) is 23.7. The minimum absolute atomic E-state index is 0. The molecule has 4 rings (SSSR count). The van der Waals surface area contributed by atoms with E-state index in [0.29, 0.717) is 30.3 Å². The van der Waals surface area contributed by atoms with Crippen LogP contribution in [0.25, 0.3) is 0 Å². The number of aliphatic hydroxyl groups is 1. The van der Waals surface area contributed by atoms with Crippen molar-refractivity contribution in [1.29, 1.82) is 0 Å². The van der Waals surface area contributed by atoms with Gasteiger partial charge in [-0.3, -0.25) is 19.2 Å². The number of ether oxygens (including phenoxy) is 1. The molecule has 0 aromatic rings. The van der Waals surface area contributed by atoms with Gasteiger partial charge in [-0.15, -0.1) is 0 Å². The van der Waals surface area contributed by atoms with Crippen molar-refractivity contribution in [3.8, 4) is 0 Å². The quantitative estimate of drug-likeness (QED) is 0.0346. The minimum Gasteiger partial charge on any atom is -0.481 e. The third-order valence-corrected chi connectivity index (χ3v) is 13.2. The first-order valence-corrected chi connectivity index (χ1v) is 22.5. The van der Waals surface area contributed by atoms with E-state index in [4.69, 9.17) is 42.4 Å². The summed E-state index contributed by atoms with van der Waals surface area (Å²) in [6.07, 6.45) is 29.2. The van der Waals surface area contributed by atoms with Gasteiger partial charge in [-0.05, 0) is 98.2 Å². The van der Waals surface area contributed by atoms with Gasteiger partial charge in [-0.1, -0.05) is 85.0 Å². The monoisotopic (exact) mass is 1050 g/mol. The number of hydrogen-bond acceptors (Lipinski definition) is 9. The number of nitrogens with two attached hydrogens (primary N) is 3. The Morgan fingerprint density at radius 3 is 1.71 bits per heavy atom. The van der Waals surface area contributed by atoms with E-state index in [1.165, 1.54) is 64.2 Å². The van der Waals surface area contributed by atoms with Crippen LogP contribution in [0.2, 0.25) is 0 Å². The van der Waals surface area contributed by atoms with Crippen LogP contribution < -0.4 is 17.2 Å². The molecule has 10 N–H and O–H groups in total. The first-order valence-electron chi connectivity index (χ1n) is 22.5. The molecule has 4 fully saturated rings. The number of aliphatic hydroxyl groups excluding tert-OH is 1. The topological polar surface area (TPSA) is 236 Å². The first-order chi connectivity index (χ1) is 27.2. The predicted molar refractivity (Wildman–Crippen MR) is 228 cm³/mol. The number of esters is 1. The number of unbranched alkanes of at least 4 members (excludes halogenated alkanes) is 7. The van der Waals surface area contributed by atoms with Crippen LogP contribution in [-0.2, 0) is 23.9 Å². The maximum atomic E-state index is 11.1. The standard InChI is InChI=1S/C23H39.C13H26O3.3C3H7NO2.U/c1-4-5-8-17-11-13-20-19-12-10-18-9-6-7-15-22(18,2)21(19)14-16-23(17,20)3;1-2-3-4-5-6-7-8-10-13(15)16-12-9-11-14;3*4-2-1-3(5)6;/h17-21H,1,4-16H2,2-3H3;14H,2-12H2,1H3;3*1-2,4H2,(H,5,6);/q-1;;;;;/t17?,18?,19?,20?,21?,22-,23+;;;;;/m0...../s1. The Morgan fingerprint density at radius 1 is 0.655 bits per heavy atom. The second kappa shape index (κ2) is 35.4. The van der Waals surface area contributed by atoms with Gasteiger partial charge in [0.25, 0.3) is 0 Å². The van der Waals surface area contributed by atoms with E-state index >= 15 is 0 Å². The van der Waals surface area contributed by atoms with Gasteiger partial charge in [-0.2, -0.15) is 6.42 Å². The zero-order valence-corrected chi connectivity index (χ0v) is 41.0. The molecule has 0 amide bonds. The van der Waals surface area contributed by atoms with Gasteiger partial charge in [0.2, 0.25) is 0 Å². The van der Waals surface area contributed by atoms with Crippen LogP contribution in [0.15, 0.2) is 0 Å². The van der Waals surface area contributed by atoms with Crippen LogP contribution in [0.5, 0.6) is 0 Å². The molecule has 340 valence electrons. The summed E-state index contributed by atoms with van der Waals surface area (Å²) in [5.74, 6) is 2.69. The minimum atomic E-state index is -0.836. The molecular formula is C45H86N3O9U-. The van der Waals surface area contributed by atoms with Crippen molar-refractivity contribution in [3.63, 3.8) is 0 Å². The van der Waals surface area contributed by atoms with Gasteiger partial charge < -0.3 is 49.3 Å². The Hall–Kier alpha value is -1.23. The normalized spacial score (nSPS) is 26.2. The van der Waals surface area contributed by atoms with Crippen molar-refractivity contribution in [1.82, 2.24) is 0 Å². The first kappa shape index (κ1) is 58.9. The molecule has 58 heavy (non-hydrogen) atoms. The average Bonchev–Trinajstić information content (AvgIpc) is 3.50. The molecule has 12 nitrogen and oxygen atoms in total. The summed E-state index contributed by atoms with van der Waals surface area (Å²) < 4.78 is 4.93. The van der Waals surface area contributed by atoms with E-state index in [2.05, 4.69) is 27.7 Å². The van der Waals surface area contributed by atoms with Gasteiger partial charge in [-0.25, -0.2) is 0 Å². The van der Waals surface area contributed by atoms with Crippen molar-refractivity contribution in [2.75, 3.05) is 32.8 Å². The summed E-state index contributed by atoms with van der Waals surface area (Å²) in [5.41, 5.74) is 16.0. The van der Waals surface area contributed by atoms with Crippen molar-refractivity contribution < 1.29 is 75.5 Å². The van der Waals surface area contributed by atoms with Crippen molar-refractivity contribution in [2.45, 2.75) is 181 Å². The number of aliphatic carboxylic acids is 3. The van der Waals surface area contributed by atoms with Gasteiger partial charge in [0.15, 0.2) is 0 Å². The third-order valence-electron chi connectivity index (χ3n) is 13.2. The molecule has 0 radical (unpaired) electrons. The van der Waals surface area contributed by atoms with E-state index in [0.717, 1.165) is 48.9 Å². The Balaban J connectivity index is 0. The van der Waals surface area contributed by atoms with Crippen LogP contribution in [0.3, 0.4) is 0 Å². The molecule has 13 heteroatoms. The smallest absolute Gasteiger partial charge is 0.305 e. The van der Waals surface area contributed by atoms with Crippen molar-refractivity contribution in [3.05, 3.63) is 6.92 Å². The molecule has 4 aliphatic carbocycles. The molecular weight excluding hydrogens is 965 g/mol. The Kier molecular flexibility index (Phi) is 35.9. The fourth-order valence-corrected chi connectivity index (χ4v) is 10.2. The number of carbonyl (C=O) groups excluding carboxylic acids is 1. The van der Waals surface area contributed by atoms with E-state index in [9.17, 15) is 19.2 Å². The second-order valence-corrected chi connectivity index (χ2v) is 17.2. The molecule has 0 aromatic carbocycles. The number of rotatable bonds is 20. The second-order valence-electron chi connectivity index (χ2n) is 17.2. The number of fused-ring (bicyclic) bond motifs is 5. The molecule has 0 spiro atoms. The molecule has 4 aliphatic rings. The summed E-state index contributed by atoms with van der Waals surface area (Å²) in [6, 6.07) is 0. The van der Waals surface area contributed by atoms with E-state index in [1.807, 2.05) is 0 Å². The van der Waals surface area contributed by atoms with Crippen molar-refractivity contribution >= 4 is 23.9 Å². The summed E-state index contributed by atoms with van der Waals surface area (Å²) >= 11 is 0. The molecule has 0 saturated heterocycles. The number of carboxylic acid groups (broad SMARTS) is 3. The molecule has 0 heterocycles. The Bertz CT molecular complexity index is 1050. The maximum absolute atomic E-state index is 11.1. The van der Waals surface area contributed by atoms with Gasteiger partial charge in [0.1, 0.15) is 0 Å². The Labute approximate surface area is 376 Å². The summed E-state index contributed by atoms with van der Waals surface area (Å²) in [7, 11) is 0. The summed E-state index contributed by atoms with van der Waals surface area (Å²) in [6.45, 7) is 12.9. The Morgan fingerprint density at radius 2 is 1.21 bits per heavy atom. The predicted octanol–water partition coefficient (Wildman–Crippen LogP) is 8.35. The zero-order valence-electron chi connectivity index (χ0n) is 36.9. The van der Waals surface area contributed by atoms with Gasteiger partial charge in [0, 0.05) is 70.2 Å². The summed E-state index contributed by atoms with van der Waals surface area (Å²) in [5, 5.41) is 32.0. The maximum Gasteiger partial charge on any atom is 0.305 e. The van der Waals surface area contributed by atoms with E-state index in [1.54, 1.807) is 44.9 Å². The largest absolute Gasteiger partial charge is 0.481 e. The van der Waals surface area contributed by atoms with Gasteiger partial charge in [0.05, 0.1) is 25.9 Å². The molecule has 5 unspecified atom stereocenters. The van der Waals surface area contributed by atoms with Crippen molar-refractivity contribution in [2.24, 2.45) is 57.6 Å². The molecule has 4 saturated carbocycles. The fourth-order valence-electron chi connectivity index (χ4n) is 10.2. The zero-order chi connectivity index (χ0) is 43.1. The number of carboxylic acids is 3. The number of carbonyl (C=O) groups is 4. The van der Waals surface area contributed by atoms with Crippen LogP contribution in [0.4, 0.5) is 0 Å². The molecule has 0 aromatic heterocycles.